The molecule has 3 nitrogen and oxygen atoms in total. The van der Waals surface area contributed by atoms with Crippen molar-refractivity contribution >= 4 is 35.5 Å². The largest absolute Gasteiger partial charge is 0.416 e. The van der Waals surface area contributed by atoms with Crippen molar-refractivity contribution in [3.63, 3.8) is 0 Å². The molecule has 8 heteroatoms. The number of para-hydroxylation sites is 1. The molecule has 28 heavy (non-hydrogen) atoms. The highest BCUT2D eigenvalue weighted by Crippen LogP contribution is 2.49. The third-order valence-corrected chi connectivity index (χ3v) is 6.19. The second-order valence-corrected chi connectivity index (χ2v) is 8.08. The summed E-state index contributed by atoms with van der Waals surface area (Å²) >= 11 is 1.51. The number of likely N-dealkylation sites (tertiary alicyclic amines) is 1. The third-order valence-electron chi connectivity index (χ3n) is 5.06. The summed E-state index contributed by atoms with van der Waals surface area (Å²) in [6.45, 7) is 3.03. The van der Waals surface area contributed by atoms with Gasteiger partial charge in [0.05, 0.1) is 23.0 Å². The summed E-state index contributed by atoms with van der Waals surface area (Å²) in [5.41, 5.74) is 0.958. The molecule has 2 heterocycles. The number of hydrogen-bond acceptors (Lipinski definition) is 4. The van der Waals surface area contributed by atoms with E-state index in [2.05, 4.69) is 4.90 Å². The Morgan fingerprint density at radius 1 is 1.04 bits per heavy atom. The lowest BCUT2D eigenvalue weighted by Crippen LogP contribution is -2.28. The van der Waals surface area contributed by atoms with Crippen LogP contribution in [-0.4, -0.2) is 42.3 Å². The van der Waals surface area contributed by atoms with Crippen LogP contribution >= 0.6 is 24.2 Å². The predicted molar refractivity (Wildman–Crippen MR) is 108 cm³/mol. The summed E-state index contributed by atoms with van der Waals surface area (Å²) in [5.74, 6) is 0. The topological polar surface area (TPSA) is 26.7 Å². The van der Waals surface area contributed by atoms with Crippen LogP contribution in [0.25, 0.3) is 0 Å². The molecule has 1 N–H and O–H groups in total. The molecule has 0 aromatic heterocycles. The Balaban J connectivity index is 0.00000225. The van der Waals surface area contributed by atoms with E-state index in [1.54, 1.807) is 6.07 Å². The zero-order valence-corrected chi connectivity index (χ0v) is 16.8. The Morgan fingerprint density at radius 2 is 1.79 bits per heavy atom. The zero-order chi connectivity index (χ0) is 19.0. The number of benzene rings is 2. The van der Waals surface area contributed by atoms with Crippen LogP contribution in [0.1, 0.15) is 18.4 Å². The second kappa shape index (κ2) is 8.53. The molecule has 2 aliphatic rings. The molecule has 2 aromatic rings. The van der Waals surface area contributed by atoms with Crippen molar-refractivity contribution in [3.05, 3.63) is 48.0 Å². The number of β-amino-alcohol motifs (C(OH)–C–C–N with tert-alkyl or cyclic N) is 1. The molecular weight excluding hydrogens is 409 g/mol. The van der Waals surface area contributed by atoms with Crippen molar-refractivity contribution in [1.29, 1.82) is 0 Å². The molecule has 2 aromatic carbocycles. The number of anilines is 2. The monoisotopic (exact) mass is 430 g/mol. The van der Waals surface area contributed by atoms with Crippen molar-refractivity contribution in [2.45, 2.75) is 34.9 Å². The molecule has 2 aliphatic heterocycles. The quantitative estimate of drug-likeness (QED) is 0.722. The van der Waals surface area contributed by atoms with Gasteiger partial charge in [0.2, 0.25) is 0 Å². The number of rotatable bonds is 4. The fraction of sp³-hybridized carbons (Fsp3) is 0.400. The Morgan fingerprint density at radius 3 is 2.50 bits per heavy atom. The van der Waals surface area contributed by atoms with Crippen LogP contribution < -0.4 is 4.90 Å². The van der Waals surface area contributed by atoms with Gasteiger partial charge in [-0.05, 0) is 49.7 Å². The summed E-state index contributed by atoms with van der Waals surface area (Å²) in [7, 11) is 0. The Kier molecular flexibility index (Phi) is 6.49. The van der Waals surface area contributed by atoms with Crippen LogP contribution in [0.2, 0.25) is 0 Å². The number of halogens is 4. The van der Waals surface area contributed by atoms with Gasteiger partial charge in [-0.15, -0.1) is 12.4 Å². The van der Waals surface area contributed by atoms with Gasteiger partial charge >= 0.3 is 6.18 Å². The lowest BCUT2D eigenvalue weighted by atomic mass is 10.1. The molecule has 0 amide bonds. The van der Waals surface area contributed by atoms with Crippen molar-refractivity contribution in [3.8, 4) is 0 Å². The minimum atomic E-state index is -4.35. The lowest BCUT2D eigenvalue weighted by Gasteiger charge is -2.33. The Bertz CT molecular complexity index is 833. The molecule has 0 spiro atoms. The van der Waals surface area contributed by atoms with E-state index in [9.17, 15) is 18.3 Å². The van der Waals surface area contributed by atoms with E-state index < -0.39 is 11.7 Å². The molecule has 1 fully saturated rings. The summed E-state index contributed by atoms with van der Waals surface area (Å²) in [5, 5.41) is 9.65. The summed E-state index contributed by atoms with van der Waals surface area (Å²) in [6.07, 6.45) is -3.00. The van der Waals surface area contributed by atoms with Gasteiger partial charge in [-0.2, -0.15) is 13.2 Å². The number of fused-ring (bicyclic) bond motifs is 2. The SMILES string of the molecule is Cl.OC1CCN(CCCN2c3ccccc3Sc3ccc(C(F)(F)F)cc32)C1. The van der Waals surface area contributed by atoms with Gasteiger partial charge in [-0.1, -0.05) is 23.9 Å². The van der Waals surface area contributed by atoms with Crippen LogP contribution in [0, 0.1) is 0 Å². The first-order valence-corrected chi connectivity index (χ1v) is 9.89. The molecule has 0 bridgehead atoms. The zero-order valence-electron chi connectivity index (χ0n) is 15.2. The van der Waals surface area contributed by atoms with Crippen LogP contribution in [0.4, 0.5) is 24.5 Å². The predicted octanol–water partition coefficient (Wildman–Crippen LogP) is 5.19. The number of aliphatic hydroxyl groups is 1. The highest BCUT2D eigenvalue weighted by molar-refractivity contribution is 7.99. The van der Waals surface area contributed by atoms with E-state index in [4.69, 9.17) is 0 Å². The minimum absolute atomic E-state index is 0. The lowest BCUT2D eigenvalue weighted by molar-refractivity contribution is -0.137. The van der Waals surface area contributed by atoms with Gasteiger partial charge in [0.1, 0.15) is 0 Å². The number of aliphatic hydroxyl groups excluding tert-OH is 1. The van der Waals surface area contributed by atoms with E-state index in [1.807, 2.05) is 29.2 Å². The van der Waals surface area contributed by atoms with Gasteiger partial charge in [0, 0.05) is 29.4 Å². The summed E-state index contributed by atoms with van der Waals surface area (Å²) in [6, 6.07) is 11.8. The molecular formula is C20H22ClF3N2OS. The van der Waals surface area contributed by atoms with Gasteiger partial charge in [0.25, 0.3) is 0 Å². The maximum atomic E-state index is 13.2. The van der Waals surface area contributed by atoms with Gasteiger partial charge in [-0.3, -0.25) is 0 Å². The molecule has 0 aliphatic carbocycles. The van der Waals surface area contributed by atoms with Crippen molar-refractivity contribution < 1.29 is 18.3 Å². The molecule has 4 rings (SSSR count). The smallest absolute Gasteiger partial charge is 0.392 e. The highest BCUT2D eigenvalue weighted by atomic mass is 35.5. The molecule has 1 atom stereocenters. The first-order valence-electron chi connectivity index (χ1n) is 9.08. The van der Waals surface area contributed by atoms with Crippen molar-refractivity contribution in [2.75, 3.05) is 31.1 Å². The van der Waals surface area contributed by atoms with Gasteiger partial charge in [0.15, 0.2) is 0 Å². The van der Waals surface area contributed by atoms with Crippen molar-refractivity contribution in [2.24, 2.45) is 0 Å². The fourth-order valence-corrected chi connectivity index (χ4v) is 4.79. The fourth-order valence-electron chi connectivity index (χ4n) is 3.71. The summed E-state index contributed by atoms with van der Waals surface area (Å²) in [4.78, 5) is 6.12. The van der Waals surface area contributed by atoms with E-state index in [0.717, 1.165) is 47.5 Å². The van der Waals surface area contributed by atoms with E-state index >= 15 is 0 Å². The van der Waals surface area contributed by atoms with Gasteiger partial charge in [-0.25, -0.2) is 0 Å². The average Bonchev–Trinajstić information content (AvgIpc) is 3.05. The first kappa shape index (κ1) is 21.3. The van der Waals surface area contributed by atoms with Crippen LogP contribution in [-0.2, 0) is 6.18 Å². The van der Waals surface area contributed by atoms with Crippen LogP contribution in [0.15, 0.2) is 52.3 Å². The molecule has 1 unspecified atom stereocenters. The maximum absolute atomic E-state index is 13.2. The number of alkyl halides is 3. The normalized spacial score (nSPS) is 19.1. The summed E-state index contributed by atoms with van der Waals surface area (Å²) < 4.78 is 39.7. The Labute approximate surface area is 172 Å². The molecule has 0 radical (unpaired) electrons. The van der Waals surface area contributed by atoms with E-state index in [-0.39, 0.29) is 18.5 Å². The minimum Gasteiger partial charge on any atom is -0.392 e. The number of hydrogen-bond donors (Lipinski definition) is 1. The van der Waals surface area contributed by atoms with Crippen LogP contribution in [0.3, 0.4) is 0 Å². The van der Waals surface area contributed by atoms with Crippen molar-refractivity contribution in [1.82, 2.24) is 4.90 Å². The van der Waals surface area contributed by atoms with Crippen LogP contribution in [0.5, 0.6) is 0 Å². The third kappa shape index (κ3) is 4.43. The number of nitrogens with zero attached hydrogens (tertiary/aromatic N) is 2. The molecule has 1 saturated heterocycles. The highest BCUT2D eigenvalue weighted by Gasteiger charge is 2.33. The Hall–Kier alpha value is -1.41. The average molecular weight is 431 g/mol. The second-order valence-electron chi connectivity index (χ2n) is 7.00. The molecule has 0 saturated carbocycles. The first-order chi connectivity index (χ1) is 12.9. The van der Waals surface area contributed by atoms with Gasteiger partial charge < -0.3 is 14.9 Å². The molecule has 152 valence electrons. The standard InChI is InChI=1S/C20H21F3N2OS.ClH/c21-20(22,23)14-6-7-19-17(12-14)25(16-4-1-2-5-18(16)27-19)10-3-9-24-11-8-15(26)13-24;/h1-2,4-7,12,15,26H,3,8-11,13H2;1H. The van der Waals surface area contributed by atoms with E-state index in [1.165, 1.54) is 17.8 Å². The van der Waals surface area contributed by atoms with E-state index in [0.29, 0.717) is 18.8 Å². The maximum Gasteiger partial charge on any atom is 0.416 e.